The van der Waals surface area contributed by atoms with Crippen LogP contribution in [0.25, 0.3) is 0 Å². The first-order valence-electron chi connectivity index (χ1n) is 6.85. The Morgan fingerprint density at radius 2 is 2.15 bits per heavy atom. The van der Waals surface area contributed by atoms with Crippen molar-refractivity contribution in [3.8, 4) is 0 Å². The molecule has 2 rings (SSSR count). The van der Waals surface area contributed by atoms with E-state index >= 15 is 0 Å². The maximum Gasteiger partial charge on any atom is 0.330 e. The quantitative estimate of drug-likeness (QED) is 0.816. The predicted octanol–water partition coefficient (Wildman–Crippen LogP) is 2.74. The van der Waals surface area contributed by atoms with Crippen LogP contribution in [0.15, 0.2) is 18.2 Å². The van der Waals surface area contributed by atoms with E-state index in [1.165, 1.54) is 19.1 Å². The Kier molecular flexibility index (Phi) is 4.38. The minimum Gasteiger partial charge on any atom is -0.464 e. The Hall–Kier alpha value is -1.49. The Balaban J connectivity index is 2.32. The van der Waals surface area contributed by atoms with Crippen LogP contribution in [0, 0.1) is 17.6 Å². The number of esters is 1. The van der Waals surface area contributed by atoms with Gasteiger partial charge in [0.2, 0.25) is 0 Å². The van der Waals surface area contributed by atoms with E-state index in [0.717, 1.165) is 18.9 Å². The average molecular weight is 283 g/mol. The highest BCUT2D eigenvalue weighted by atomic mass is 19.2. The number of ether oxygens (including phenoxy) is 1. The van der Waals surface area contributed by atoms with E-state index < -0.39 is 23.1 Å². The second-order valence-electron chi connectivity index (χ2n) is 5.27. The summed E-state index contributed by atoms with van der Waals surface area (Å²) in [5.41, 5.74) is -1.39. The van der Waals surface area contributed by atoms with Crippen molar-refractivity contribution in [2.75, 3.05) is 13.2 Å². The fraction of sp³-hybridized carbons (Fsp3) is 0.533. The number of rotatable bonds is 6. The summed E-state index contributed by atoms with van der Waals surface area (Å²) in [4.78, 5) is 12.2. The number of halogens is 2. The molecule has 0 radical (unpaired) electrons. The third-order valence-electron chi connectivity index (χ3n) is 3.62. The molecular formula is C15H19F2NO2. The maximum atomic E-state index is 14.0. The third-order valence-corrected chi connectivity index (χ3v) is 3.62. The van der Waals surface area contributed by atoms with Crippen molar-refractivity contribution in [2.24, 2.45) is 5.92 Å². The normalized spacial score (nSPS) is 17.6. The zero-order chi connectivity index (χ0) is 14.8. The highest BCUT2D eigenvalue weighted by Gasteiger charge is 2.40. The fourth-order valence-corrected chi connectivity index (χ4v) is 2.11. The van der Waals surface area contributed by atoms with Gasteiger partial charge < -0.3 is 4.74 Å². The number of hydrogen-bond acceptors (Lipinski definition) is 3. The summed E-state index contributed by atoms with van der Waals surface area (Å²) in [7, 11) is 0. The van der Waals surface area contributed by atoms with Gasteiger partial charge in [-0.15, -0.1) is 0 Å². The molecule has 1 N–H and O–H groups in total. The van der Waals surface area contributed by atoms with Gasteiger partial charge in [-0.3, -0.25) is 5.32 Å². The van der Waals surface area contributed by atoms with Crippen molar-refractivity contribution in [1.82, 2.24) is 5.32 Å². The number of nitrogens with one attached hydrogen (secondary N) is 1. The predicted molar refractivity (Wildman–Crippen MR) is 71.1 cm³/mol. The summed E-state index contributed by atoms with van der Waals surface area (Å²) in [5, 5.41) is 3.05. The first-order chi connectivity index (χ1) is 9.49. The number of carbonyl (C=O) groups excluding carboxylic acids is 1. The lowest BCUT2D eigenvalue weighted by atomic mass is 9.91. The van der Waals surface area contributed by atoms with Crippen molar-refractivity contribution >= 4 is 5.97 Å². The molecule has 0 aromatic heterocycles. The highest BCUT2D eigenvalue weighted by Crippen LogP contribution is 2.31. The van der Waals surface area contributed by atoms with Gasteiger partial charge in [0, 0.05) is 5.56 Å². The molecule has 5 heteroatoms. The van der Waals surface area contributed by atoms with Gasteiger partial charge in [-0.1, -0.05) is 12.1 Å². The molecule has 1 fully saturated rings. The van der Waals surface area contributed by atoms with Crippen LogP contribution >= 0.6 is 0 Å². The van der Waals surface area contributed by atoms with E-state index in [2.05, 4.69) is 5.32 Å². The second-order valence-corrected chi connectivity index (χ2v) is 5.27. The van der Waals surface area contributed by atoms with Crippen LogP contribution in [0.2, 0.25) is 0 Å². The smallest absolute Gasteiger partial charge is 0.330 e. The van der Waals surface area contributed by atoms with E-state index in [1.807, 2.05) is 0 Å². The summed E-state index contributed by atoms with van der Waals surface area (Å²) in [6.07, 6.45) is 2.19. The Labute approximate surface area is 117 Å². The lowest BCUT2D eigenvalue weighted by Crippen LogP contribution is -2.49. The molecule has 20 heavy (non-hydrogen) atoms. The van der Waals surface area contributed by atoms with Gasteiger partial charge in [0.25, 0.3) is 0 Å². The van der Waals surface area contributed by atoms with Crippen molar-refractivity contribution < 1.29 is 18.3 Å². The number of hydrogen-bond donors (Lipinski definition) is 1. The van der Waals surface area contributed by atoms with Crippen molar-refractivity contribution in [3.05, 3.63) is 35.4 Å². The fourth-order valence-electron chi connectivity index (χ4n) is 2.11. The summed E-state index contributed by atoms with van der Waals surface area (Å²) in [6.45, 7) is 3.99. The van der Waals surface area contributed by atoms with Gasteiger partial charge in [-0.05, 0) is 45.2 Å². The Morgan fingerprint density at radius 3 is 2.75 bits per heavy atom. The molecule has 0 heterocycles. The molecule has 1 aliphatic rings. The van der Waals surface area contributed by atoms with Gasteiger partial charge >= 0.3 is 5.97 Å². The largest absolute Gasteiger partial charge is 0.464 e. The van der Waals surface area contributed by atoms with Crippen LogP contribution in [0.5, 0.6) is 0 Å². The van der Waals surface area contributed by atoms with Gasteiger partial charge in [0.1, 0.15) is 5.54 Å². The van der Waals surface area contributed by atoms with Crippen LogP contribution in [0.4, 0.5) is 8.78 Å². The lowest BCUT2D eigenvalue weighted by Gasteiger charge is -2.29. The van der Waals surface area contributed by atoms with E-state index in [1.54, 1.807) is 6.92 Å². The molecule has 1 unspecified atom stereocenters. The highest BCUT2D eigenvalue weighted by molar-refractivity contribution is 5.82. The molecule has 0 aliphatic heterocycles. The number of benzene rings is 1. The van der Waals surface area contributed by atoms with E-state index in [0.29, 0.717) is 12.5 Å². The average Bonchev–Trinajstić information content (AvgIpc) is 3.23. The summed E-state index contributed by atoms with van der Waals surface area (Å²) >= 11 is 0. The van der Waals surface area contributed by atoms with Crippen LogP contribution in [0.1, 0.15) is 32.3 Å². The molecule has 1 aromatic rings. The van der Waals surface area contributed by atoms with E-state index in [4.69, 9.17) is 4.74 Å². The second kappa shape index (κ2) is 5.87. The maximum absolute atomic E-state index is 14.0. The molecule has 0 saturated heterocycles. The zero-order valence-electron chi connectivity index (χ0n) is 11.7. The molecular weight excluding hydrogens is 264 g/mol. The summed E-state index contributed by atoms with van der Waals surface area (Å²) in [5.74, 6) is -2.07. The third kappa shape index (κ3) is 2.98. The van der Waals surface area contributed by atoms with Gasteiger partial charge in [0.05, 0.1) is 6.61 Å². The van der Waals surface area contributed by atoms with Crippen LogP contribution in [-0.2, 0) is 15.1 Å². The monoisotopic (exact) mass is 283 g/mol. The van der Waals surface area contributed by atoms with Crippen LogP contribution in [-0.4, -0.2) is 19.1 Å². The Morgan fingerprint density at radius 1 is 1.45 bits per heavy atom. The van der Waals surface area contributed by atoms with Crippen molar-refractivity contribution in [3.63, 3.8) is 0 Å². The molecule has 1 atom stereocenters. The molecule has 0 spiro atoms. The minimum atomic E-state index is -1.37. The first-order valence-corrected chi connectivity index (χ1v) is 6.85. The minimum absolute atomic E-state index is 0.0170. The molecule has 110 valence electrons. The van der Waals surface area contributed by atoms with Crippen LogP contribution in [0.3, 0.4) is 0 Å². The molecule has 1 aliphatic carbocycles. The van der Waals surface area contributed by atoms with E-state index in [9.17, 15) is 13.6 Å². The van der Waals surface area contributed by atoms with Gasteiger partial charge in [-0.25, -0.2) is 13.6 Å². The summed E-state index contributed by atoms with van der Waals surface area (Å²) in [6, 6.07) is 3.84. The van der Waals surface area contributed by atoms with Gasteiger partial charge in [-0.2, -0.15) is 0 Å². The van der Waals surface area contributed by atoms with Gasteiger partial charge in [0.15, 0.2) is 11.6 Å². The topological polar surface area (TPSA) is 38.3 Å². The summed E-state index contributed by atoms with van der Waals surface area (Å²) < 4.78 is 32.4. The molecule has 0 bridgehead atoms. The Bertz CT molecular complexity index is 503. The lowest BCUT2D eigenvalue weighted by molar-refractivity contribution is -0.151. The molecule has 1 aromatic carbocycles. The molecule has 1 saturated carbocycles. The molecule has 3 nitrogen and oxygen atoms in total. The van der Waals surface area contributed by atoms with E-state index in [-0.39, 0.29) is 12.2 Å². The standard InChI is InChI=1S/C15H19F2NO2/c1-3-20-14(19)15(2,18-9-10-7-8-10)11-5-4-6-12(16)13(11)17/h4-6,10,18H,3,7-9H2,1-2H3. The number of carbonyl (C=O) groups is 1. The molecule has 0 amide bonds. The van der Waals surface area contributed by atoms with Crippen molar-refractivity contribution in [2.45, 2.75) is 32.2 Å². The van der Waals surface area contributed by atoms with Crippen LogP contribution < -0.4 is 5.32 Å². The van der Waals surface area contributed by atoms with Crippen molar-refractivity contribution in [1.29, 1.82) is 0 Å². The SMILES string of the molecule is CCOC(=O)C(C)(NCC1CC1)c1cccc(F)c1F. The first kappa shape index (κ1) is 14.9. The zero-order valence-corrected chi connectivity index (χ0v) is 11.7.